The van der Waals surface area contributed by atoms with Gasteiger partial charge in [0.25, 0.3) is 0 Å². The maximum absolute atomic E-state index is 13.4. The number of nitro groups is 1. The molecule has 4 nitrogen and oxygen atoms in total. The third kappa shape index (κ3) is 2.90. The van der Waals surface area contributed by atoms with Crippen LogP contribution in [-0.4, -0.2) is 4.92 Å². The van der Waals surface area contributed by atoms with Gasteiger partial charge in [0.05, 0.1) is 4.92 Å². The number of hydrogen-bond acceptors (Lipinski definition) is 3. The van der Waals surface area contributed by atoms with Crippen LogP contribution in [0.15, 0.2) is 40.9 Å². The molecule has 0 unspecified atom stereocenters. The standard InChI is InChI=1S/C13H9BrFNO3/c1-8-7-9(5-6-10(8)14)19-12-4-2-3-11(15)13(12)16(17)18/h2-7H,1H3. The molecule has 0 atom stereocenters. The number of nitrogens with zero attached hydrogens (tertiary/aromatic N) is 1. The summed E-state index contributed by atoms with van der Waals surface area (Å²) in [7, 11) is 0. The first-order chi connectivity index (χ1) is 8.99. The summed E-state index contributed by atoms with van der Waals surface area (Å²) in [6, 6.07) is 8.86. The highest BCUT2D eigenvalue weighted by atomic mass is 79.9. The van der Waals surface area contributed by atoms with Gasteiger partial charge in [0.1, 0.15) is 5.75 Å². The maximum Gasteiger partial charge on any atom is 0.346 e. The summed E-state index contributed by atoms with van der Waals surface area (Å²) in [5.74, 6) is -0.627. The monoisotopic (exact) mass is 325 g/mol. The summed E-state index contributed by atoms with van der Waals surface area (Å²) in [5.41, 5.74) is 0.250. The lowest BCUT2D eigenvalue weighted by Gasteiger charge is -2.08. The van der Waals surface area contributed by atoms with Crippen LogP contribution in [0.3, 0.4) is 0 Å². The predicted octanol–water partition coefficient (Wildman–Crippen LogP) is 4.60. The van der Waals surface area contributed by atoms with E-state index in [0.717, 1.165) is 16.1 Å². The van der Waals surface area contributed by atoms with E-state index >= 15 is 0 Å². The van der Waals surface area contributed by atoms with Gasteiger partial charge in [0.2, 0.25) is 11.6 Å². The largest absolute Gasteiger partial charge is 0.450 e. The van der Waals surface area contributed by atoms with E-state index < -0.39 is 16.4 Å². The van der Waals surface area contributed by atoms with Crippen LogP contribution in [-0.2, 0) is 0 Å². The average Bonchev–Trinajstić information content (AvgIpc) is 2.33. The molecule has 0 N–H and O–H groups in total. The Bertz CT molecular complexity index is 646. The highest BCUT2D eigenvalue weighted by molar-refractivity contribution is 9.10. The second-order valence-electron chi connectivity index (χ2n) is 3.86. The Morgan fingerprint density at radius 2 is 2.05 bits per heavy atom. The Morgan fingerprint density at radius 1 is 1.32 bits per heavy atom. The van der Waals surface area contributed by atoms with Crippen molar-refractivity contribution < 1.29 is 14.1 Å². The van der Waals surface area contributed by atoms with E-state index in [1.165, 1.54) is 12.1 Å². The van der Waals surface area contributed by atoms with Crippen molar-refractivity contribution in [3.8, 4) is 11.5 Å². The molecular weight excluding hydrogens is 317 g/mol. The highest BCUT2D eigenvalue weighted by Gasteiger charge is 2.21. The smallest absolute Gasteiger partial charge is 0.346 e. The van der Waals surface area contributed by atoms with Crippen LogP contribution in [0.5, 0.6) is 11.5 Å². The summed E-state index contributed by atoms with van der Waals surface area (Å²) >= 11 is 3.34. The van der Waals surface area contributed by atoms with Gasteiger partial charge >= 0.3 is 5.69 Å². The Hall–Kier alpha value is -1.95. The molecule has 0 radical (unpaired) electrons. The molecule has 19 heavy (non-hydrogen) atoms. The van der Waals surface area contributed by atoms with Gasteiger partial charge < -0.3 is 4.74 Å². The first-order valence-electron chi connectivity index (χ1n) is 5.36. The Labute approximate surface area is 117 Å². The zero-order valence-electron chi connectivity index (χ0n) is 9.89. The third-order valence-corrected chi connectivity index (χ3v) is 3.38. The Morgan fingerprint density at radius 3 is 2.68 bits per heavy atom. The van der Waals surface area contributed by atoms with Crippen molar-refractivity contribution in [2.75, 3.05) is 0 Å². The van der Waals surface area contributed by atoms with Crippen LogP contribution in [0.2, 0.25) is 0 Å². The van der Waals surface area contributed by atoms with Gasteiger partial charge in [-0.15, -0.1) is 0 Å². The number of halogens is 2. The first kappa shape index (κ1) is 13.5. The Kier molecular flexibility index (Phi) is 3.80. The molecule has 98 valence electrons. The van der Waals surface area contributed by atoms with Gasteiger partial charge in [0, 0.05) is 4.47 Å². The first-order valence-corrected chi connectivity index (χ1v) is 6.15. The van der Waals surface area contributed by atoms with Crippen LogP contribution in [0.25, 0.3) is 0 Å². The lowest BCUT2D eigenvalue weighted by Crippen LogP contribution is -1.96. The molecule has 0 aliphatic heterocycles. The van der Waals surface area contributed by atoms with Crippen LogP contribution in [0.4, 0.5) is 10.1 Å². The van der Waals surface area contributed by atoms with Gasteiger partial charge in [-0.25, -0.2) is 0 Å². The minimum absolute atomic E-state index is 0.119. The van der Waals surface area contributed by atoms with E-state index in [2.05, 4.69) is 15.9 Å². The summed E-state index contributed by atoms with van der Waals surface area (Å²) in [5, 5.41) is 10.8. The molecule has 2 aromatic carbocycles. The third-order valence-electron chi connectivity index (χ3n) is 2.49. The van der Waals surface area contributed by atoms with E-state index in [-0.39, 0.29) is 5.75 Å². The molecule has 0 bridgehead atoms. The zero-order chi connectivity index (χ0) is 14.0. The zero-order valence-corrected chi connectivity index (χ0v) is 11.5. The molecule has 0 fully saturated rings. The molecule has 2 aromatic rings. The number of aryl methyl sites for hydroxylation is 1. The number of nitro benzene ring substituents is 1. The van der Waals surface area contributed by atoms with Gasteiger partial charge in [-0.05, 0) is 42.8 Å². The minimum Gasteiger partial charge on any atom is -0.450 e. The van der Waals surface area contributed by atoms with Crippen molar-refractivity contribution in [1.29, 1.82) is 0 Å². The maximum atomic E-state index is 13.4. The molecule has 0 heterocycles. The van der Waals surface area contributed by atoms with E-state index in [0.29, 0.717) is 5.75 Å². The molecule has 0 aliphatic carbocycles. The molecule has 0 amide bonds. The van der Waals surface area contributed by atoms with Crippen molar-refractivity contribution >= 4 is 21.6 Å². The quantitative estimate of drug-likeness (QED) is 0.612. The van der Waals surface area contributed by atoms with Crippen molar-refractivity contribution in [1.82, 2.24) is 0 Å². The number of benzene rings is 2. The van der Waals surface area contributed by atoms with Gasteiger partial charge in [-0.1, -0.05) is 22.0 Å². The summed E-state index contributed by atoms with van der Waals surface area (Å²) in [6.45, 7) is 1.86. The van der Waals surface area contributed by atoms with Crippen LogP contribution in [0, 0.1) is 22.9 Å². The fourth-order valence-corrected chi connectivity index (χ4v) is 1.81. The molecule has 2 rings (SSSR count). The summed E-state index contributed by atoms with van der Waals surface area (Å²) < 4.78 is 19.7. The average molecular weight is 326 g/mol. The lowest BCUT2D eigenvalue weighted by molar-refractivity contribution is -0.388. The van der Waals surface area contributed by atoms with Crippen LogP contribution >= 0.6 is 15.9 Å². The highest BCUT2D eigenvalue weighted by Crippen LogP contribution is 2.34. The Balaban J connectivity index is 2.40. The summed E-state index contributed by atoms with van der Waals surface area (Å²) in [4.78, 5) is 10.0. The minimum atomic E-state index is -0.920. The van der Waals surface area contributed by atoms with Gasteiger partial charge in [0.15, 0.2) is 0 Å². The second kappa shape index (κ2) is 5.36. The van der Waals surface area contributed by atoms with Gasteiger partial charge in [-0.2, -0.15) is 4.39 Å². The van der Waals surface area contributed by atoms with Crippen molar-refractivity contribution in [3.05, 3.63) is 62.4 Å². The SMILES string of the molecule is Cc1cc(Oc2cccc(F)c2[N+](=O)[O-])ccc1Br. The topological polar surface area (TPSA) is 52.4 Å². The van der Waals surface area contributed by atoms with E-state index in [1.807, 2.05) is 6.92 Å². The van der Waals surface area contributed by atoms with Crippen LogP contribution < -0.4 is 4.74 Å². The molecular formula is C13H9BrFNO3. The summed E-state index contributed by atoms with van der Waals surface area (Å²) in [6.07, 6.45) is 0. The second-order valence-corrected chi connectivity index (χ2v) is 4.71. The molecule has 0 saturated heterocycles. The normalized spacial score (nSPS) is 10.3. The fraction of sp³-hybridized carbons (Fsp3) is 0.0769. The van der Waals surface area contributed by atoms with E-state index in [1.54, 1.807) is 18.2 Å². The van der Waals surface area contributed by atoms with Crippen molar-refractivity contribution in [2.24, 2.45) is 0 Å². The molecule has 0 aromatic heterocycles. The van der Waals surface area contributed by atoms with Crippen LogP contribution in [0.1, 0.15) is 5.56 Å². The van der Waals surface area contributed by atoms with Gasteiger partial charge in [-0.3, -0.25) is 10.1 Å². The molecule has 0 spiro atoms. The fourth-order valence-electron chi connectivity index (χ4n) is 1.56. The number of rotatable bonds is 3. The number of ether oxygens (including phenoxy) is 1. The van der Waals surface area contributed by atoms with Crippen molar-refractivity contribution in [3.63, 3.8) is 0 Å². The number of hydrogen-bond donors (Lipinski definition) is 0. The van der Waals surface area contributed by atoms with E-state index in [9.17, 15) is 14.5 Å². The predicted molar refractivity (Wildman–Crippen MR) is 72.0 cm³/mol. The lowest BCUT2D eigenvalue weighted by atomic mass is 10.2. The molecule has 0 aliphatic rings. The van der Waals surface area contributed by atoms with Crippen molar-refractivity contribution in [2.45, 2.75) is 6.92 Å². The van der Waals surface area contributed by atoms with E-state index in [4.69, 9.17) is 4.74 Å². The molecule has 0 saturated carbocycles. The molecule has 6 heteroatoms. The number of para-hydroxylation sites is 1.